The average Bonchev–Trinajstić information content (AvgIpc) is 2.62. The van der Waals surface area contributed by atoms with Crippen LogP contribution < -0.4 is 10.9 Å². The second-order valence-corrected chi connectivity index (χ2v) is 5.35. The molecule has 0 aliphatic heterocycles. The van der Waals surface area contributed by atoms with Gasteiger partial charge in [-0.05, 0) is 24.1 Å². The zero-order valence-electron chi connectivity index (χ0n) is 12.9. The Balaban J connectivity index is 1.91. The smallest absolute Gasteiger partial charge is 0.270 e. The standard InChI is InChI=1S/C18H17N3O3/c22-11-9-15(13-6-2-1-3-7-13)20-17(23)14-12-19-16-8-4-5-10-21(16)18(14)24/h1-8,10,12,15,22H,9,11H2,(H,20,23). The van der Waals surface area contributed by atoms with Gasteiger partial charge in [0, 0.05) is 19.0 Å². The van der Waals surface area contributed by atoms with Gasteiger partial charge in [-0.3, -0.25) is 14.0 Å². The van der Waals surface area contributed by atoms with Crippen LogP contribution >= 0.6 is 0 Å². The van der Waals surface area contributed by atoms with Crippen molar-refractivity contribution in [2.24, 2.45) is 0 Å². The van der Waals surface area contributed by atoms with E-state index in [1.807, 2.05) is 30.3 Å². The maximum absolute atomic E-state index is 12.5. The molecule has 0 saturated heterocycles. The Labute approximate surface area is 138 Å². The predicted molar refractivity (Wildman–Crippen MR) is 89.8 cm³/mol. The van der Waals surface area contributed by atoms with Gasteiger partial charge in [-0.2, -0.15) is 0 Å². The maximum atomic E-state index is 12.5. The number of aromatic nitrogens is 2. The van der Waals surface area contributed by atoms with E-state index in [0.29, 0.717) is 12.1 Å². The molecule has 2 aromatic heterocycles. The van der Waals surface area contributed by atoms with E-state index in [-0.39, 0.29) is 18.2 Å². The third kappa shape index (κ3) is 3.18. The van der Waals surface area contributed by atoms with Crippen molar-refractivity contribution in [2.75, 3.05) is 6.61 Å². The van der Waals surface area contributed by atoms with Gasteiger partial charge in [0.1, 0.15) is 11.2 Å². The van der Waals surface area contributed by atoms with Gasteiger partial charge in [-0.15, -0.1) is 0 Å². The molecular formula is C18H17N3O3. The van der Waals surface area contributed by atoms with E-state index in [2.05, 4.69) is 10.3 Å². The van der Waals surface area contributed by atoms with E-state index in [0.717, 1.165) is 5.56 Å². The zero-order chi connectivity index (χ0) is 16.9. The van der Waals surface area contributed by atoms with E-state index < -0.39 is 11.5 Å². The molecule has 6 heteroatoms. The fourth-order valence-corrected chi connectivity index (χ4v) is 2.56. The van der Waals surface area contributed by atoms with Crippen molar-refractivity contribution < 1.29 is 9.90 Å². The Morgan fingerprint density at radius 3 is 2.67 bits per heavy atom. The molecule has 122 valence electrons. The van der Waals surface area contributed by atoms with Gasteiger partial charge >= 0.3 is 0 Å². The van der Waals surface area contributed by atoms with Crippen LogP contribution in [0.1, 0.15) is 28.4 Å². The molecule has 1 unspecified atom stereocenters. The van der Waals surface area contributed by atoms with Crippen molar-refractivity contribution >= 4 is 11.6 Å². The van der Waals surface area contributed by atoms with Gasteiger partial charge in [0.05, 0.1) is 6.04 Å². The van der Waals surface area contributed by atoms with Crippen LogP contribution in [0.25, 0.3) is 5.65 Å². The molecule has 3 rings (SSSR count). The number of carbonyl (C=O) groups is 1. The summed E-state index contributed by atoms with van der Waals surface area (Å²) >= 11 is 0. The highest BCUT2D eigenvalue weighted by Gasteiger charge is 2.18. The van der Waals surface area contributed by atoms with E-state index in [1.165, 1.54) is 10.6 Å². The monoisotopic (exact) mass is 323 g/mol. The highest BCUT2D eigenvalue weighted by Crippen LogP contribution is 2.16. The van der Waals surface area contributed by atoms with Crippen LogP contribution in [-0.4, -0.2) is 27.0 Å². The predicted octanol–water partition coefficient (Wildman–Crippen LogP) is 1.55. The van der Waals surface area contributed by atoms with E-state index in [4.69, 9.17) is 0 Å². The summed E-state index contributed by atoms with van der Waals surface area (Å²) in [6, 6.07) is 14.1. The van der Waals surface area contributed by atoms with E-state index >= 15 is 0 Å². The lowest BCUT2D eigenvalue weighted by Gasteiger charge is -2.18. The third-order valence-electron chi connectivity index (χ3n) is 3.78. The summed E-state index contributed by atoms with van der Waals surface area (Å²) in [7, 11) is 0. The largest absolute Gasteiger partial charge is 0.396 e. The van der Waals surface area contributed by atoms with Crippen LogP contribution in [0.2, 0.25) is 0 Å². The molecule has 0 spiro atoms. The Morgan fingerprint density at radius 1 is 1.17 bits per heavy atom. The number of aliphatic hydroxyl groups is 1. The minimum absolute atomic E-state index is 0.0300. The van der Waals surface area contributed by atoms with E-state index in [1.54, 1.807) is 24.4 Å². The van der Waals surface area contributed by atoms with Crippen LogP contribution in [-0.2, 0) is 0 Å². The molecule has 1 aromatic carbocycles. The van der Waals surface area contributed by atoms with Gasteiger partial charge in [0.25, 0.3) is 11.5 Å². The van der Waals surface area contributed by atoms with E-state index in [9.17, 15) is 14.7 Å². The molecule has 0 bridgehead atoms. The number of fused-ring (bicyclic) bond motifs is 1. The summed E-state index contributed by atoms with van der Waals surface area (Å²) in [5.41, 5.74) is 0.897. The Bertz CT molecular complexity index is 906. The first-order chi connectivity index (χ1) is 11.7. The molecular weight excluding hydrogens is 306 g/mol. The lowest BCUT2D eigenvalue weighted by atomic mass is 10.0. The van der Waals surface area contributed by atoms with Crippen LogP contribution in [0.3, 0.4) is 0 Å². The first kappa shape index (κ1) is 15.9. The number of nitrogens with one attached hydrogen (secondary N) is 1. The molecule has 0 saturated carbocycles. The topological polar surface area (TPSA) is 83.7 Å². The summed E-state index contributed by atoms with van der Waals surface area (Å²) in [5, 5.41) is 12.1. The number of nitrogens with zero attached hydrogens (tertiary/aromatic N) is 2. The third-order valence-corrected chi connectivity index (χ3v) is 3.78. The second-order valence-electron chi connectivity index (χ2n) is 5.35. The lowest BCUT2D eigenvalue weighted by Crippen LogP contribution is -2.34. The first-order valence-corrected chi connectivity index (χ1v) is 7.64. The van der Waals surface area contributed by atoms with Crippen molar-refractivity contribution in [1.29, 1.82) is 0 Å². The molecule has 0 aliphatic carbocycles. The van der Waals surface area contributed by atoms with Crippen molar-refractivity contribution in [3.63, 3.8) is 0 Å². The fourth-order valence-electron chi connectivity index (χ4n) is 2.56. The minimum Gasteiger partial charge on any atom is -0.396 e. The molecule has 1 amide bonds. The number of amides is 1. The quantitative estimate of drug-likeness (QED) is 0.746. The summed E-state index contributed by atoms with van der Waals surface area (Å²) in [5.74, 6) is -0.506. The number of pyridine rings is 1. The molecule has 2 heterocycles. The van der Waals surface area contributed by atoms with Crippen LogP contribution in [0.5, 0.6) is 0 Å². The molecule has 3 aromatic rings. The number of hydrogen-bond acceptors (Lipinski definition) is 4. The van der Waals surface area contributed by atoms with Gasteiger partial charge in [0.2, 0.25) is 0 Å². The van der Waals surface area contributed by atoms with Gasteiger partial charge < -0.3 is 10.4 Å². The molecule has 2 N–H and O–H groups in total. The number of hydrogen-bond donors (Lipinski definition) is 2. The van der Waals surface area contributed by atoms with Crippen molar-refractivity contribution in [2.45, 2.75) is 12.5 Å². The molecule has 6 nitrogen and oxygen atoms in total. The summed E-state index contributed by atoms with van der Waals surface area (Å²) in [4.78, 5) is 29.1. The van der Waals surface area contributed by atoms with Crippen molar-refractivity contribution in [3.8, 4) is 0 Å². The normalized spacial score (nSPS) is 12.0. The van der Waals surface area contributed by atoms with Crippen molar-refractivity contribution in [1.82, 2.24) is 14.7 Å². The Morgan fingerprint density at radius 2 is 1.92 bits per heavy atom. The zero-order valence-corrected chi connectivity index (χ0v) is 12.9. The summed E-state index contributed by atoms with van der Waals surface area (Å²) in [6.07, 6.45) is 3.22. The van der Waals surface area contributed by atoms with Gasteiger partial charge in [-0.25, -0.2) is 4.98 Å². The van der Waals surface area contributed by atoms with Crippen LogP contribution in [0, 0.1) is 0 Å². The average molecular weight is 323 g/mol. The number of aliphatic hydroxyl groups excluding tert-OH is 1. The Kier molecular flexibility index (Phi) is 4.67. The summed E-state index contributed by atoms with van der Waals surface area (Å²) in [6.45, 7) is -0.0746. The Hall–Kier alpha value is -2.99. The number of benzene rings is 1. The minimum atomic E-state index is -0.506. The van der Waals surface area contributed by atoms with Gasteiger partial charge in [0.15, 0.2) is 0 Å². The highest BCUT2D eigenvalue weighted by atomic mass is 16.3. The number of rotatable bonds is 5. The molecule has 24 heavy (non-hydrogen) atoms. The fraction of sp³-hybridized carbons (Fsp3) is 0.167. The maximum Gasteiger partial charge on any atom is 0.270 e. The molecule has 0 radical (unpaired) electrons. The molecule has 0 fully saturated rings. The summed E-state index contributed by atoms with van der Waals surface area (Å²) < 4.78 is 1.33. The highest BCUT2D eigenvalue weighted by molar-refractivity contribution is 5.94. The number of carbonyl (C=O) groups excluding carboxylic acids is 1. The molecule has 1 atom stereocenters. The first-order valence-electron chi connectivity index (χ1n) is 7.64. The lowest BCUT2D eigenvalue weighted by molar-refractivity contribution is 0.0928. The van der Waals surface area contributed by atoms with Crippen molar-refractivity contribution in [3.05, 3.63) is 82.4 Å². The SMILES string of the molecule is O=C(NC(CCO)c1ccccc1)c1cnc2ccccn2c1=O. The second kappa shape index (κ2) is 7.06. The van der Waals surface area contributed by atoms with Crippen LogP contribution in [0.15, 0.2) is 65.7 Å². The van der Waals surface area contributed by atoms with Crippen LogP contribution in [0.4, 0.5) is 0 Å². The molecule has 0 aliphatic rings. The van der Waals surface area contributed by atoms with Gasteiger partial charge in [-0.1, -0.05) is 36.4 Å².